The standard InChI is InChI=1S/C22H28F3N7O/c1-30-10-12-32(13-11-30)21-28-15-27-20(29-21)31-8-6-16(7-9-31)19(33)26-14-17-4-2-3-5-18(17)22(23,24)25/h2-5,15-16H,6-14H2,1H3,(H,26,33). The summed E-state index contributed by atoms with van der Waals surface area (Å²) in [4.78, 5) is 32.3. The molecule has 1 aromatic heterocycles. The van der Waals surface area contributed by atoms with Crippen molar-refractivity contribution in [3.8, 4) is 0 Å². The summed E-state index contributed by atoms with van der Waals surface area (Å²) in [5.41, 5.74) is -0.650. The SMILES string of the molecule is CN1CCN(c2ncnc(N3CCC(C(=O)NCc4ccccc4C(F)(F)F)CC3)n2)CC1. The highest BCUT2D eigenvalue weighted by Gasteiger charge is 2.33. The van der Waals surface area contributed by atoms with Crippen LogP contribution in [0.5, 0.6) is 0 Å². The Morgan fingerprint density at radius 1 is 1.00 bits per heavy atom. The summed E-state index contributed by atoms with van der Waals surface area (Å²) < 4.78 is 39.5. The van der Waals surface area contributed by atoms with Crippen molar-refractivity contribution < 1.29 is 18.0 Å². The number of anilines is 2. The summed E-state index contributed by atoms with van der Waals surface area (Å²) in [5.74, 6) is 0.784. The van der Waals surface area contributed by atoms with E-state index in [-0.39, 0.29) is 23.9 Å². The van der Waals surface area contributed by atoms with Crippen LogP contribution in [0.4, 0.5) is 25.1 Å². The molecule has 3 heterocycles. The molecule has 4 rings (SSSR count). The predicted octanol–water partition coefficient (Wildman–Crippen LogP) is 2.17. The van der Waals surface area contributed by atoms with Crippen LogP contribution in [0.1, 0.15) is 24.0 Å². The Morgan fingerprint density at radius 3 is 2.24 bits per heavy atom. The smallest absolute Gasteiger partial charge is 0.352 e. The van der Waals surface area contributed by atoms with Gasteiger partial charge in [-0.3, -0.25) is 4.79 Å². The van der Waals surface area contributed by atoms with Crippen LogP contribution in [0.15, 0.2) is 30.6 Å². The second-order valence-corrected chi connectivity index (χ2v) is 8.51. The van der Waals surface area contributed by atoms with Crippen LogP contribution in [0.25, 0.3) is 0 Å². The third-order valence-corrected chi connectivity index (χ3v) is 6.26. The van der Waals surface area contributed by atoms with Gasteiger partial charge >= 0.3 is 6.18 Å². The van der Waals surface area contributed by atoms with Gasteiger partial charge in [-0.15, -0.1) is 0 Å². The van der Waals surface area contributed by atoms with Gasteiger partial charge in [0.05, 0.1) is 5.56 Å². The maximum atomic E-state index is 13.2. The molecule has 2 aliphatic rings. The molecule has 8 nitrogen and oxygen atoms in total. The molecular formula is C22H28F3N7O. The first-order valence-corrected chi connectivity index (χ1v) is 11.1. The van der Waals surface area contributed by atoms with Crippen molar-refractivity contribution in [2.45, 2.75) is 25.6 Å². The first-order chi connectivity index (χ1) is 15.8. The average Bonchev–Trinajstić information content (AvgIpc) is 2.83. The van der Waals surface area contributed by atoms with Crippen molar-refractivity contribution in [1.82, 2.24) is 25.2 Å². The topological polar surface area (TPSA) is 77.5 Å². The summed E-state index contributed by atoms with van der Waals surface area (Å²) in [7, 11) is 2.09. The van der Waals surface area contributed by atoms with Crippen LogP contribution in [-0.4, -0.2) is 72.1 Å². The maximum Gasteiger partial charge on any atom is 0.416 e. The minimum absolute atomic E-state index is 0.0670. The van der Waals surface area contributed by atoms with Gasteiger partial charge in [-0.1, -0.05) is 18.2 Å². The van der Waals surface area contributed by atoms with E-state index in [0.29, 0.717) is 37.8 Å². The quantitative estimate of drug-likeness (QED) is 0.728. The molecule has 2 aliphatic heterocycles. The third-order valence-electron chi connectivity index (χ3n) is 6.26. The molecule has 1 amide bonds. The number of hydrogen-bond donors (Lipinski definition) is 1. The first kappa shape index (κ1) is 23.2. The molecule has 11 heteroatoms. The maximum absolute atomic E-state index is 13.2. The fraction of sp³-hybridized carbons (Fsp3) is 0.545. The molecule has 2 aromatic rings. The van der Waals surface area contributed by atoms with E-state index in [4.69, 9.17) is 0 Å². The lowest BCUT2D eigenvalue weighted by Crippen LogP contribution is -2.45. The fourth-order valence-corrected chi connectivity index (χ4v) is 4.21. The molecule has 0 bridgehead atoms. The fourth-order valence-electron chi connectivity index (χ4n) is 4.21. The Bertz CT molecular complexity index is 955. The number of nitrogens with zero attached hydrogens (tertiary/aromatic N) is 6. The molecule has 0 aliphatic carbocycles. The van der Waals surface area contributed by atoms with Crippen LogP contribution in [0.2, 0.25) is 0 Å². The molecule has 1 N–H and O–H groups in total. The monoisotopic (exact) mass is 463 g/mol. The van der Waals surface area contributed by atoms with Crippen molar-refractivity contribution in [3.63, 3.8) is 0 Å². The Morgan fingerprint density at radius 2 is 1.61 bits per heavy atom. The minimum atomic E-state index is -4.44. The van der Waals surface area contributed by atoms with Gasteiger partial charge in [-0.25, -0.2) is 9.97 Å². The molecule has 0 unspecified atom stereocenters. The van der Waals surface area contributed by atoms with E-state index in [1.54, 1.807) is 6.07 Å². The minimum Gasteiger partial charge on any atom is -0.352 e. The number of carbonyl (C=O) groups excluding carboxylic acids is 1. The van der Waals surface area contributed by atoms with Crippen LogP contribution >= 0.6 is 0 Å². The van der Waals surface area contributed by atoms with E-state index in [1.165, 1.54) is 18.5 Å². The highest BCUT2D eigenvalue weighted by atomic mass is 19.4. The highest BCUT2D eigenvalue weighted by Crippen LogP contribution is 2.32. The molecule has 0 saturated carbocycles. The van der Waals surface area contributed by atoms with E-state index in [0.717, 1.165) is 32.2 Å². The number of piperidine rings is 1. The Balaban J connectivity index is 1.30. The lowest BCUT2D eigenvalue weighted by molar-refractivity contribution is -0.138. The molecule has 0 spiro atoms. The zero-order chi connectivity index (χ0) is 23.4. The normalized spacial score (nSPS) is 18.4. The number of alkyl halides is 3. The molecule has 0 radical (unpaired) electrons. The van der Waals surface area contributed by atoms with Gasteiger partial charge in [0.2, 0.25) is 17.8 Å². The third kappa shape index (κ3) is 5.70. The van der Waals surface area contributed by atoms with Gasteiger partial charge in [0.1, 0.15) is 6.33 Å². The number of rotatable bonds is 5. The van der Waals surface area contributed by atoms with Crippen molar-refractivity contribution in [2.24, 2.45) is 5.92 Å². The van der Waals surface area contributed by atoms with Gasteiger partial charge in [0, 0.05) is 51.7 Å². The number of piperazine rings is 1. The van der Waals surface area contributed by atoms with Gasteiger partial charge in [-0.05, 0) is 31.5 Å². The van der Waals surface area contributed by atoms with E-state index in [1.807, 2.05) is 4.90 Å². The van der Waals surface area contributed by atoms with Crippen molar-refractivity contribution in [2.75, 3.05) is 56.1 Å². The van der Waals surface area contributed by atoms with E-state index >= 15 is 0 Å². The van der Waals surface area contributed by atoms with Gasteiger partial charge in [-0.2, -0.15) is 18.2 Å². The number of benzene rings is 1. The van der Waals surface area contributed by atoms with Gasteiger partial charge < -0.3 is 20.0 Å². The van der Waals surface area contributed by atoms with E-state index < -0.39 is 11.7 Å². The zero-order valence-corrected chi connectivity index (χ0v) is 18.6. The summed E-state index contributed by atoms with van der Waals surface area (Å²) >= 11 is 0. The number of carbonyl (C=O) groups is 1. The second kappa shape index (κ2) is 9.90. The summed E-state index contributed by atoms with van der Waals surface area (Å²) in [6.45, 7) is 4.69. The first-order valence-electron chi connectivity index (χ1n) is 11.1. The van der Waals surface area contributed by atoms with Gasteiger partial charge in [0.25, 0.3) is 0 Å². The predicted molar refractivity (Wildman–Crippen MR) is 118 cm³/mol. The van der Waals surface area contributed by atoms with E-state index in [2.05, 4.69) is 37.1 Å². The number of nitrogens with one attached hydrogen (secondary N) is 1. The summed E-state index contributed by atoms with van der Waals surface area (Å²) in [6, 6.07) is 5.32. The average molecular weight is 464 g/mol. The summed E-state index contributed by atoms with van der Waals surface area (Å²) in [5, 5.41) is 2.68. The highest BCUT2D eigenvalue weighted by molar-refractivity contribution is 5.79. The van der Waals surface area contributed by atoms with Crippen LogP contribution in [0.3, 0.4) is 0 Å². The summed E-state index contributed by atoms with van der Waals surface area (Å²) in [6.07, 6.45) is -1.75. The number of aromatic nitrogens is 3. The number of likely N-dealkylation sites (N-methyl/N-ethyl adjacent to an activating group) is 1. The number of hydrogen-bond acceptors (Lipinski definition) is 7. The van der Waals surface area contributed by atoms with Crippen molar-refractivity contribution >= 4 is 17.8 Å². The Labute approximate surface area is 190 Å². The second-order valence-electron chi connectivity index (χ2n) is 8.51. The Hall–Kier alpha value is -2.95. The van der Waals surface area contributed by atoms with Crippen molar-refractivity contribution in [3.05, 3.63) is 41.7 Å². The molecule has 178 valence electrons. The zero-order valence-electron chi connectivity index (χ0n) is 18.6. The molecule has 33 heavy (non-hydrogen) atoms. The lowest BCUT2D eigenvalue weighted by Gasteiger charge is -2.34. The molecule has 2 saturated heterocycles. The molecular weight excluding hydrogens is 435 g/mol. The van der Waals surface area contributed by atoms with Gasteiger partial charge in [0.15, 0.2) is 0 Å². The van der Waals surface area contributed by atoms with Crippen molar-refractivity contribution in [1.29, 1.82) is 0 Å². The van der Waals surface area contributed by atoms with Crippen LogP contribution < -0.4 is 15.1 Å². The molecule has 0 atom stereocenters. The number of amides is 1. The van der Waals surface area contributed by atoms with Crippen LogP contribution in [0, 0.1) is 5.92 Å². The lowest BCUT2D eigenvalue weighted by atomic mass is 9.96. The van der Waals surface area contributed by atoms with E-state index in [9.17, 15) is 18.0 Å². The molecule has 2 fully saturated rings. The largest absolute Gasteiger partial charge is 0.416 e. The Kier molecular flexibility index (Phi) is 6.96. The van der Waals surface area contributed by atoms with Crippen LogP contribution in [-0.2, 0) is 17.5 Å². The number of halogens is 3. The molecule has 1 aromatic carbocycles.